The Labute approximate surface area is 89.9 Å². The average Bonchev–Trinajstić information content (AvgIpc) is 2.58. The molecule has 0 saturated heterocycles. The summed E-state index contributed by atoms with van der Waals surface area (Å²) < 4.78 is 2.37. The maximum Gasteiger partial charge on any atom is 0.0961 e. The van der Waals surface area contributed by atoms with Gasteiger partial charge >= 0.3 is 0 Å². The van der Waals surface area contributed by atoms with Gasteiger partial charge in [0.05, 0.1) is 17.4 Å². The van der Waals surface area contributed by atoms with Crippen LogP contribution in [0.15, 0.2) is 24.5 Å². The molecule has 0 bridgehead atoms. The third kappa shape index (κ3) is 1.28. The zero-order chi connectivity index (χ0) is 10.4. The van der Waals surface area contributed by atoms with Crippen molar-refractivity contribution >= 4 is 11.0 Å². The minimum atomic E-state index is 0.686. The monoisotopic (exact) mass is 200 g/mol. The van der Waals surface area contributed by atoms with E-state index in [-0.39, 0.29) is 0 Å². The first-order valence-electron chi connectivity index (χ1n) is 5.68. The van der Waals surface area contributed by atoms with Crippen molar-refractivity contribution < 1.29 is 0 Å². The second kappa shape index (κ2) is 3.09. The molecule has 1 saturated carbocycles. The molecule has 1 aromatic carbocycles. The number of benzene rings is 1. The molecule has 2 aromatic rings. The van der Waals surface area contributed by atoms with Crippen molar-refractivity contribution in [2.75, 3.05) is 0 Å². The summed E-state index contributed by atoms with van der Waals surface area (Å²) in [5.74, 6) is 0.886. The molecule has 0 spiro atoms. The van der Waals surface area contributed by atoms with Crippen LogP contribution in [-0.2, 0) is 0 Å². The number of rotatable bonds is 1. The lowest BCUT2D eigenvalue weighted by molar-refractivity contribution is 0.220. The van der Waals surface area contributed by atoms with Gasteiger partial charge in [-0.1, -0.05) is 19.1 Å². The van der Waals surface area contributed by atoms with Crippen LogP contribution in [0.1, 0.15) is 31.4 Å². The van der Waals surface area contributed by atoms with Crippen LogP contribution >= 0.6 is 0 Å². The van der Waals surface area contributed by atoms with E-state index in [2.05, 4.69) is 41.6 Å². The van der Waals surface area contributed by atoms with Gasteiger partial charge in [0.15, 0.2) is 0 Å². The molecule has 0 aliphatic heterocycles. The van der Waals surface area contributed by atoms with Crippen molar-refractivity contribution in [3.63, 3.8) is 0 Å². The van der Waals surface area contributed by atoms with E-state index in [1.165, 1.54) is 23.9 Å². The summed E-state index contributed by atoms with van der Waals surface area (Å²) in [6.45, 7) is 4.49. The quantitative estimate of drug-likeness (QED) is 0.690. The molecule has 1 fully saturated rings. The normalized spacial score (nSPS) is 25.5. The molecule has 2 heteroatoms. The lowest BCUT2D eigenvalue weighted by Gasteiger charge is -2.34. The van der Waals surface area contributed by atoms with Gasteiger partial charge in [-0.15, -0.1) is 0 Å². The molecule has 2 nitrogen and oxygen atoms in total. The Morgan fingerprint density at radius 2 is 2.13 bits per heavy atom. The predicted molar refractivity (Wildman–Crippen MR) is 61.9 cm³/mol. The van der Waals surface area contributed by atoms with Crippen molar-refractivity contribution in [3.8, 4) is 0 Å². The van der Waals surface area contributed by atoms with E-state index in [4.69, 9.17) is 0 Å². The first-order chi connectivity index (χ1) is 7.25. The molecule has 0 atom stereocenters. The number of nitrogens with zero attached hydrogens (tertiary/aromatic N) is 2. The molecule has 0 amide bonds. The standard InChI is InChI=1S/C13H16N2/c1-9-6-11(7-9)15-8-14-12-5-3-4-10(2)13(12)15/h3-5,8-9,11H,6-7H2,1-2H3. The predicted octanol–water partition coefficient (Wildman–Crippen LogP) is 3.32. The number of para-hydroxylation sites is 1. The number of fused-ring (bicyclic) bond motifs is 1. The van der Waals surface area contributed by atoms with Crippen LogP contribution in [0.3, 0.4) is 0 Å². The molecule has 15 heavy (non-hydrogen) atoms. The summed E-state index contributed by atoms with van der Waals surface area (Å²) in [5.41, 5.74) is 3.80. The third-order valence-corrected chi connectivity index (χ3v) is 3.54. The van der Waals surface area contributed by atoms with Crippen LogP contribution in [-0.4, -0.2) is 9.55 Å². The Bertz CT molecular complexity index is 492. The molecule has 78 valence electrons. The number of aromatic nitrogens is 2. The summed E-state index contributed by atoms with van der Waals surface area (Å²) in [6.07, 6.45) is 4.62. The maximum absolute atomic E-state index is 4.47. The summed E-state index contributed by atoms with van der Waals surface area (Å²) in [6, 6.07) is 7.04. The first kappa shape index (κ1) is 8.96. The van der Waals surface area contributed by atoms with Crippen LogP contribution in [0.25, 0.3) is 11.0 Å². The number of hydrogen-bond acceptors (Lipinski definition) is 1. The maximum atomic E-state index is 4.47. The van der Waals surface area contributed by atoms with E-state index in [1.807, 2.05) is 6.33 Å². The third-order valence-electron chi connectivity index (χ3n) is 3.54. The Kier molecular flexibility index (Phi) is 1.84. The van der Waals surface area contributed by atoms with E-state index in [1.54, 1.807) is 0 Å². The Morgan fingerprint density at radius 3 is 2.87 bits per heavy atom. The van der Waals surface area contributed by atoms with E-state index in [0.717, 1.165) is 11.4 Å². The number of imidazole rings is 1. The molecule has 0 N–H and O–H groups in total. The van der Waals surface area contributed by atoms with Crippen LogP contribution in [0.2, 0.25) is 0 Å². The highest BCUT2D eigenvalue weighted by atomic mass is 15.1. The Morgan fingerprint density at radius 1 is 1.33 bits per heavy atom. The Hall–Kier alpha value is -1.31. The lowest BCUT2D eigenvalue weighted by atomic mass is 9.81. The van der Waals surface area contributed by atoms with Crippen LogP contribution in [0, 0.1) is 12.8 Å². The molecular weight excluding hydrogens is 184 g/mol. The van der Waals surface area contributed by atoms with Crippen LogP contribution in [0.4, 0.5) is 0 Å². The summed E-state index contributed by atoms with van der Waals surface area (Å²) >= 11 is 0. The second-order valence-electron chi connectivity index (χ2n) is 4.82. The molecular formula is C13H16N2. The Balaban J connectivity index is 2.11. The van der Waals surface area contributed by atoms with Crippen molar-refractivity contribution in [1.82, 2.24) is 9.55 Å². The SMILES string of the molecule is Cc1cccc2ncn(C3CC(C)C3)c12. The van der Waals surface area contributed by atoms with Crippen LogP contribution in [0.5, 0.6) is 0 Å². The first-order valence-corrected chi connectivity index (χ1v) is 5.68. The molecule has 1 heterocycles. The fourth-order valence-corrected chi connectivity index (χ4v) is 2.63. The second-order valence-corrected chi connectivity index (χ2v) is 4.82. The molecule has 1 aromatic heterocycles. The minimum Gasteiger partial charge on any atom is -0.327 e. The van der Waals surface area contributed by atoms with Gasteiger partial charge in [0.25, 0.3) is 0 Å². The largest absolute Gasteiger partial charge is 0.327 e. The molecule has 1 aliphatic rings. The zero-order valence-corrected chi connectivity index (χ0v) is 9.27. The van der Waals surface area contributed by atoms with Crippen molar-refractivity contribution in [2.24, 2.45) is 5.92 Å². The average molecular weight is 200 g/mol. The highest BCUT2D eigenvalue weighted by molar-refractivity contribution is 5.78. The summed E-state index contributed by atoms with van der Waals surface area (Å²) in [7, 11) is 0. The molecule has 1 aliphatic carbocycles. The van der Waals surface area contributed by atoms with Gasteiger partial charge in [-0.05, 0) is 37.3 Å². The minimum absolute atomic E-state index is 0.686. The van der Waals surface area contributed by atoms with Gasteiger partial charge in [-0.25, -0.2) is 4.98 Å². The van der Waals surface area contributed by atoms with Gasteiger partial charge in [-0.3, -0.25) is 0 Å². The highest BCUT2D eigenvalue weighted by Crippen LogP contribution is 2.39. The lowest BCUT2D eigenvalue weighted by Crippen LogP contribution is -2.24. The molecule has 0 unspecified atom stereocenters. The van der Waals surface area contributed by atoms with Gasteiger partial charge in [0, 0.05) is 6.04 Å². The molecule has 0 radical (unpaired) electrons. The van der Waals surface area contributed by atoms with Gasteiger partial charge in [0.2, 0.25) is 0 Å². The van der Waals surface area contributed by atoms with E-state index in [9.17, 15) is 0 Å². The van der Waals surface area contributed by atoms with E-state index >= 15 is 0 Å². The van der Waals surface area contributed by atoms with Gasteiger partial charge in [-0.2, -0.15) is 0 Å². The summed E-state index contributed by atoms with van der Waals surface area (Å²) in [4.78, 5) is 4.47. The smallest absolute Gasteiger partial charge is 0.0961 e. The zero-order valence-electron chi connectivity index (χ0n) is 9.27. The summed E-state index contributed by atoms with van der Waals surface area (Å²) in [5, 5.41) is 0. The van der Waals surface area contributed by atoms with Gasteiger partial charge in [0.1, 0.15) is 0 Å². The van der Waals surface area contributed by atoms with Crippen molar-refractivity contribution in [1.29, 1.82) is 0 Å². The molecule has 3 rings (SSSR count). The fraction of sp³-hybridized carbons (Fsp3) is 0.462. The number of hydrogen-bond donors (Lipinski definition) is 0. The van der Waals surface area contributed by atoms with Gasteiger partial charge < -0.3 is 4.57 Å². The topological polar surface area (TPSA) is 17.8 Å². The van der Waals surface area contributed by atoms with Crippen molar-refractivity contribution in [2.45, 2.75) is 32.7 Å². The van der Waals surface area contributed by atoms with Crippen LogP contribution < -0.4 is 0 Å². The number of aryl methyl sites for hydroxylation is 1. The van der Waals surface area contributed by atoms with Crippen molar-refractivity contribution in [3.05, 3.63) is 30.1 Å². The van der Waals surface area contributed by atoms with E-state index < -0.39 is 0 Å². The van der Waals surface area contributed by atoms with E-state index in [0.29, 0.717) is 6.04 Å². The fourth-order valence-electron chi connectivity index (χ4n) is 2.63. The highest BCUT2D eigenvalue weighted by Gasteiger charge is 2.27.